The van der Waals surface area contributed by atoms with Crippen molar-refractivity contribution in [3.8, 4) is 0 Å². The fourth-order valence-corrected chi connectivity index (χ4v) is 2.68. The number of thioether (sulfide) groups is 1. The van der Waals surface area contributed by atoms with E-state index in [0.29, 0.717) is 11.7 Å². The van der Waals surface area contributed by atoms with Gasteiger partial charge in [-0.1, -0.05) is 26.0 Å². The molecule has 0 aliphatic rings. The van der Waals surface area contributed by atoms with Gasteiger partial charge in [0.1, 0.15) is 5.54 Å². The van der Waals surface area contributed by atoms with Gasteiger partial charge in [0.05, 0.1) is 7.11 Å². The molecule has 0 fully saturated rings. The zero-order chi connectivity index (χ0) is 14.5. The molecule has 0 bridgehead atoms. The fraction of sp³-hybridized carbons (Fsp3) is 0.533. The molecule has 0 aliphatic heterocycles. The van der Waals surface area contributed by atoms with E-state index < -0.39 is 5.54 Å². The van der Waals surface area contributed by atoms with Crippen LogP contribution < -0.4 is 5.32 Å². The Morgan fingerprint density at radius 3 is 2.37 bits per heavy atom. The van der Waals surface area contributed by atoms with Gasteiger partial charge in [0, 0.05) is 10.6 Å². The number of ether oxygens (including phenoxy) is 1. The maximum absolute atomic E-state index is 11.7. The molecule has 0 spiro atoms. The van der Waals surface area contributed by atoms with Gasteiger partial charge >= 0.3 is 5.97 Å². The minimum Gasteiger partial charge on any atom is -0.468 e. The monoisotopic (exact) mass is 281 g/mol. The highest BCUT2D eigenvalue weighted by Gasteiger charge is 2.32. The van der Waals surface area contributed by atoms with Gasteiger partial charge in [-0.2, -0.15) is 0 Å². The van der Waals surface area contributed by atoms with Crippen molar-refractivity contribution in [2.24, 2.45) is 0 Å². The smallest absolute Gasteiger partial charge is 0.326 e. The predicted octanol–water partition coefficient (Wildman–Crippen LogP) is 3.05. The highest BCUT2D eigenvalue weighted by molar-refractivity contribution is 7.99. The molecule has 3 nitrogen and oxygen atoms in total. The van der Waals surface area contributed by atoms with Crippen LogP contribution in [0.15, 0.2) is 29.2 Å². The second kappa shape index (κ2) is 6.96. The summed E-state index contributed by atoms with van der Waals surface area (Å²) in [6, 6.07) is 8.49. The van der Waals surface area contributed by atoms with Crippen LogP contribution in [0.2, 0.25) is 0 Å². The summed E-state index contributed by atoms with van der Waals surface area (Å²) in [4.78, 5) is 12.9. The van der Waals surface area contributed by atoms with Crippen LogP contribution in [-0.2, 0) is 9.53 Å². The van der Waals surface area contributed by atoms with E-state index in [1.165, 1.54) is 12.7 Å². The molecule has 4 heteroatoms. The fourth-order valence-electron chi connectivity index (χ4n) is 1.64. The minimum atomic E-state index is -0.657. The van der Waals surface area contributed by atoms with Crippen molar-refractivity contribution in [3.63, 3.8) is 0 Å². The minimum absolute atomic E-state index is 0.235. The molecule has 0 saturated carbocycles. The van der Waals surface area contributed by atoms with E-state index in [2.05, 4.69) is 43.4 Å². The van der Waals surface area contributed by atoms with E-state index in [-0.39, 0.29) is 5.97 Å². The van der Waals surface area contributed by atoms with Gasteiger partial charge in [-0.15, -0.1) is 11.8 Å². The number of methoxy groups -OCH3 is 1. The van der Waals surface area contributed by atoms with Gasteiger partial charge in [-0.25, -0.2) is 0 Å². The summed E-state index contributed by atoms with van der Waals surface area (Å²) in [5.74, 6) is 0.940. The Hall–Kier alpha value is -1.00. The third kappa shape index (κ3) is 4.25. The number of likely N-dealkylation sites (N-methyl/N-ethyl adjacent to an activating group) is 1. The third-order valence-corrected chi connectivity index (χ3v) is 4.59. The van der Waals surface area contributed by atoms with Crippen molar-refractivity contribution in [1.82, 2.24) is 5.32 Å². The van der Waals surface area contributed by atoms with E-state index in [4.69, 9.17) is 4.74 Å². The molecular weight excluding hydrogens is 258 g/mol. The zero-order valence-electron chi connectivity index (χ0n) is 12.3. The lowest BCUT2D eigenvalue weighted by molar-refractivity contribution is -0.146. The van der Waals surface area contributed by atoms with Gasteiger partial charge in [0.15, 0.2) is 0 Å². The van der Waals surface area contributed by atoms with Crippen molar-refractivity contribution in [2.45, 2.75) is 37.1 Å². The molecule has 1 aromatic rings. The lowest BCUT2D eigenvalue weighted by atomic mass is 10.0. The Bertz CT molecular complexity index is 417. The largest absolute Gasteiger partial charge is 0.468 e. The lowest BCUT2D eigenvalue weighted by Gasteiger charge is -2.25. The molecular formula is C15H23NO2S. The summed E-state index contributed by atoms with van der Waals surface area (Å²) in [6.45, 7) is 6.21. The molecule has 1 atom stereocenters. The first-order valence-corrected chi connectivity index (χ1v) is 7.41. The molecule has 0 amide bonds. The number of hydrogen-bond donors (Lipinski definition) is 1. The highest BCUT2D eigenvalue weighted by Crippen LogP contribution is 2.25. The molecule has 1 rings (SSSR count). The molecule has 0 aliphatic carbocycles. The van der Waals surface area contributed by atoms with Crippen molar-refractivity contribution in [2.75, 3.05) is 19.9 Å². The van der Waals surface area contributed by atoms with Gasteiger partial charge in [-0.3, -0.25) is 4.79 Å². The maximum atomic E-state index is 11.7. The second-order valence-corrected chi connectivity index (χ2v) is 6.13. The predicted molar refractivity (Wildman–Crippen MR) is 80.7 cm³/mol. The first-order chi connectivity index (χ1) is 8.92. The van der Waals surface area contributed by atoms with Crippen molar-refractivity contribution in [1.29, 1.82) is 0 Å². The number of nitrogens with one attached hydrogen (secondary N) is 1. The molecule has 0 saturated heterocycles. The topological polar surface area (TPSA) is 38.3 Å². The summed E-state index contributed by atoms with van der Waals surface area (Å²) in [7, 11) is 3.19. The molecule has 1 unspecified atom stereocenters. The molecule has 0 aromatic heterocycles. The highest BCUT2D eigenvalue weighted by atomic mass is 32.2. The average Bonchev–Trinajstić information content (AvgIpc) is 2.44. The van der Waals surface area contributed by atoms with Crippen molar-refractivity contribution < 1.29 is 9.53 Å². The Morgan fingerprint density at radius 1 is 1.37 bits per heavy atom. The quantitative estimate of drug-likeness (QED) is 0.642. The standard InChI is InChI=1S/C15H23NO2S/c1-11(2)12-6-8-13(9-7-12)19-10-15(3,16-4)14(17)18-5/h6-9,11,16H,10H2,1-5H3. The Kier molecular flexibility index (Phi) is 5.88. The third-order valence-electron chi connectivity index (χ3n) is 3.26. The van der Waals surface area contributed by atoms with E-state index in [0.717, 1.165) is 4.90 Å². The first kappa shape index (κ1) is 16.1. The summed E-state index contributed by atoms with van der Waals surface area (Å²) in [6.07, 6.45) is 0. The molecule has 106 valence electrons. The van der Waals surface area contributed by atoms with Crippen LogP contribution in [0.1, 0.15) is 32.3 Å². The van der Waals surface area contributed by atoms with Crippen LogP contribution in [0.3, 0.4) is 0 Å². The lowest BCUT2D eigenvalue weighted by Crippen LogP contribution is -2.50. The van der Waals surface area contributed by atoms with Crippen LogP contribution in [0.25, 0.3) is 0 Å². The van der Waals surface area contributed by atoms with Crippen LogP contribution >= 0.6 is 11.8 Å². The van der Waals surface area contributed by atoms with E-state index in [1.807, 2.05) is 6.92 Å². The van der Waals surface area contributed by atoms with Gasteiger partial charge in [0.25, 0.3) is 0 Å². The number of benzene rings is 1. The molecule has 1 aromatic carbocycles. The number of rotatable bonds is 6. The molecule has 0 radical (unpaired) electrons. The molecule has 1 N–H and O–H groups in total. The van der Waals surface area contributed by atoms with Gasteiger partial charge < -0.3 is 10.1 Å². The summed E-state index contributed by atoms with van der Waals surface area (Å²) in [5, 5.41) is 3.03. The van der Waals surface area contributed by atoms with Crippen LogP contribution in [-0.4, -0.2) is 31.4 Å². The SMILES string of the molecule is CNC(C)(CSc1ccc(C(C)C)cc1)C(=O)OC. The van der Waals surface area contributed by atoms with E-state index in [9.17, 15) is 4.79 Å². The van der Waals surface area contributed by atoms with Crippen molar-refractivity contribution in [3.05, 3.63) is 29.8 Å². The Morgan fingerprint density at radius 2 is 1.95 bits per heavy atom. The Balaban J connectivity index is 2.67. The molecule has 19 heavy (non-hydrogen) atoms. The number of carbonyl (C=O) groups is 1. The first-order valence-electron chi connectivity index (χ1n) is 6.43. The van der Waals surface area contributed by atoms with Gasteiger partial charge in [0.2, 0.25) is 0 Å². The van der Waals surface area contributed by atoms with Crippen LogP contribution in [0.5, 0.6) is 0 Å². The normalized spacial score (nSPS) is 14.2. The molecule has 0 heterocycles. The summed E-state index contributed by atoms with van der Waals surface area (Å²) >= 11 is 1.65. The van der Waals surface area contributed by atoms with Crippen LogP contribution in [0, 0.1) is 0 Å². The summed E-state index contributed by atoms with van der Waals surface area (Å²) < 4.78 is 4.83. The second-order valence-electron chi connectivity index (χ2n) is 5.09. The number of carbonyl (C=O) groups excluding carboxylic acids is 1. The summed E-state index contributed by atoms with van der Waals surface area (Å²) in [5.41, 5.74) is 0.671. The van der Waals surface area contributed by atoms with Crippen LogP contribution in [0.4, 0.5) is 0 Å². The van der Waals surface area contributed by atoms with E-state index in [1.54, 1.807) is 18.8 Å². The maximum Gasteiger partial charge on any atom is 0.326 e. The Labute approximate surface area is 120 Å². The number of esters is 1. The average molecular weight is 281 g/mol. The van der Waals surface area contributed by atoms with Gasteiger partial charge in [-0.05, 0) is 37.6 Å². The number of hydrogen-bond acceptors (Lipinski definition) is 4. The van der Waals surface area contributed by atoms with E-state index >= 15 is 0 Å². The van der Waals surface area contributed by atoms with Crippen molar-refractivity contribution >= 4 is 17.7 Å². The zero-order valence-corrected chi connectivity index (χ0v) is 13.1.